The van der Waals surface area contributed by atoms with Gasteiger partial charge in [0.2, 0.25) is 0 Å². The lowest BCUT2D eigenvalue weighted by molar-refractivity contribution is 0.0708. The van der Waals surface area contributed by atoms with Gasteiger partial charge in [0, 0.05) is 36.6 Å². The van der Waals surface area contributed by atoms with Crippen LogP contribution in [0.1, 0.15) is 16.2 Å². The molecule has 1 aromatic carbocycles. The summed E-state index contributed by atoms with van der Waals surface area (Å²) in [4.78, 5) is 14.8. The largest absolute Gasteiger partial charge is 0.329 e. The van der Waals surface area contributed by atoms with E-state index in [1.54, 1.807) is 0 Å². The lowest BCUT2D eigenvalue weighted by Gasteiger charge is -2.27. The van der Waals surface area contributed by atoms with Gasteiger partial charge in [0.05, 0.1) is 12.1 Å². The molecule has 0 saturated heterocycles. The average Bonchev–Trinajstić information content (AvgIpc) is 3.31. The van der Waals surface area contributed by atoms with Gasteiger partial charge in [-0.1, -0.05) is 36.4 Å². The highest BCUT2D eigenvalue weighted by Gasteiger charge is 2.26. The molecule has 0 aliphatic carbocycles. The van der Waals surface area contributed by atoms with Crippen LogP contribution in [0.5, 0.6) is 0 Å². The van der Waals surface area contributed by atoms with Gasteiger partial charge in [0.15, 0.2) is 11.6 Å². The molecule has 4 heterocycles. The molecule has 0 radical (unpaired) electrons. The number of carbonyl (C=O) groups is 1. The van der Waals surface area contributed by atoms with Crippen molar-refractivity contribution in [2.24, 2.45) is 0 Å². The second-order valence-electron chi connectivity index (χ2n) is 6.45. The summed E-state index contributed by atoms with van der Waals surface area (Å²) in [7, 11) is 0. The summed E-state index contributed by atoms with van der Waals surface area (Å²) in [5.74, 6) is 1.72. The van der Waals surface area contributed by atoms with E-state index in [1.807, 2.05) is 76.3 Å². The molecule has 1 amide bonds. The molecule has 5 rings (SSSR count). The van der Waals surface area contributed by atoms with Gasteiger partial charge in [-0.15, -0.1) is 10.2 Å². The fourth-order valence-corrected chi connectivity index (χ4v) is 3.49. The van der Waals surface area contributed by atoms with E-state index >= 15 is 0 Å². The summed E-state index contributed by atoms with van der Waals surface area (Å²) in [6, 6.07) is 17.9. The summed E-state index contributed by atoms with van der Waals surface area (Å²) < 4.78 is 4.07. The van der Waals surface area contributed by atoms with Crippen molar-refractivity contribution in [2.75, 3.05) is 6.54 Å². The van der Waals surface area contributed by atoms with Crippen LogP contribution in [0.25, 0.3) is 16.9 Å². The van der Waals surface area contributed by atoms with Crippen LogP contribution in [0.2, 0.25) is 0 Å². The summed E-state index contributed by atoms with van der Waals surface area (Å²) in [6.45, 7) is 1.83. The van der Waals surface area contributed by atoms with Gasteiger partial charge in [-0.3, -0.25) is 4.79 Å². The van der Waals surface area contributed by atoms with E-state index in [0.29, 0.717) is 25.2 Å². The first-order valence-electron chi connectivity index (χ1n) is 8.63. The molecule has 0 atom stereocenters. The lowest BCUT2D eigenvalue weighted by atomic mass is 10.2. The van der Waals surface area contributed by atoms with Gasteiger partial charge >= 0.3 is 0 Å². The monoisotopic (exact) mass is 343 g/mol. The number of nitrogens with zero attached hydrogens (tertiary/aromatic N) is 5. The van der Waals surface area contributed by atoms with Crippen LogP contribution in [-0.2, 0) is 13.1 Å². The van der Waals surface area contributed by atoms with E-state index < -0.39 is 0 Å². The van der Waals surface area contributed by atoms with Gasteiger partial charge in [-0.25, -0.2) is 0 Å². The van der Waals surface area contributed by atoms with Crippen LogP contribution in [0.3, 0.4) is 0 Å². The minimum atomic E-state index is 0.0317. The molecule has 4 aromatic rings. The number of rotatable bonds is 2. The van der Waals surface area contributed by atoms with Gasteiger partial charge in [0.25, 0.3) is 5.91 Å². The molecule has 0 spiro atoms. The van der Waals surface area contributed by atoms with Crippen molar-refractivity contribution in [1.82, 2.24) is 24.1 Å². The number of hydrogen-bond acceptors (Lipinski definition) is 3. The third-order valence-corrected chi connectivity index (χ3v) is 4.82. The van der Waals surface area contributed by atoms with E-state index in [2.05, 4.69) is 14.8 Å². The van der Waals surface area contributed by atoms with Gasteiger partial charge in [-0.05, 0) is 18.2 Å². The van der Waals surface area contributed by atoms with Crippen molar-refractivity contribution in [2.45, 2.75) is 13.1 Å². The third-order valence-electron chi connectivity index (χ3n) is 4.82. The van der Waals surface area contributed by atoms with Crippen molar-refractivity contribution in [3.05, 3.63) is 78.4 Å². The number of benzene rings is 1. The Labute approximate surface area is 150 Å². The highest BCUT2D eigenvalue weighted by atomic mass is 16.2. The summed E-state index contributed by atoms with van der Waals surface area (Å²) in [5, 5.41) is 8.66. The SMILES string of the molecule is O=C(c1cc2ccccn2c1)N1CCn2c(nnc2-c2ccccc2)C1. The molecule has 0 bridgehead atoms. The van der Waals surface area contributed by atoms with Crippen molar-refractivity contribution in [1.29, 1.82) is 0 Å². The predicted molar refractivity (Wildman–Crippen MR) is 97.6 cm³/mol. The van der Waals surface area contributed by atoms with Crippen molar-refractivity contribution >= 4 is 11.4 Å². The Morgan fingerprint density at radius 3 is 2.65 bits per heavy atom. The normalized spacial score (nSPS) is 13.8. The average molecular weight is 343 g/mol. The molecule has 3 aromatic heterocycles. The van der Waals surface area contributed by atoms with E-state index in [-0.39, 0.29) is 5.91 Å². The second kappa shape index (κ2) is 5.84. The van der Waals surface area contributed by atoms with Crippen LogP contribution >= 0.6 is 0 Å². The molecular weight excluding hydrogens is 326 g/mol. The lowest BCUT2D eigenvalue weighted by Crippen LogP contribution is -2.38. The Morgan fingerprint density at radius 1 is 0.962 bits per heavy atom. The topological polar surface area (TPSA) is 55.4 Å². The molecule has 6 heteroatoms. The maximum atomic E-state index is 12.9. The summed E-state index contributed by atoms with van der Waals surface area (Å²) >= 11 is 0. The highest BCUT2D eigenvalue weighted by Crippen LogP contribution is 2.22. The minimum absolute atomic E-state index is 0.0317. The van der Waals surface area contributed by atoms with E-state index in [4.69, 9.17) is 0 Å². The zero-order valence-corrected chi connectivity index (χ0v) is 14.1. The van der Waals surface area contributed by atoms with E-state index in [0.717, 1.165) is 22.7 Å². The molecule has 0 fully saturated rings. The molecule has 0 unspecified atom stereocenters. The zero-order chi connectivity index (χ0) is 17.5. The van der Waals surface area contributed by atoms with Crippen LogP contribution in [0, 0.1) is 0 Å². The van der Waals surface area contributed by atoms with Crippen LogP contribution < -0.4 is 0 Å². The Hall–Kier alpha value is -3.41. The molecule has 0 N–H and O–H groups in total. The Bertz CT molecular complexity index is 1060. The fraction of sp³-hybridized carbons (Fsp3) is 0.150. The first-order chi connectivity index (χ1) is 12.8. The number of carbonyl (C=O) groups excluding carboxylic acids is 1. The van der Waals surface area contributed by atoms with Crippen molar-refractivity contribution < 1.29 is 4.79 Å². The van der Waals surface area contributed by atoms with E-state index in [9.17, 15) is 4.79 Å². The number of hydrogen-bond donors (Lipinski definition) is 0. The van der Waals surface area contributed by atoms with Crippen molar-refractivity contribution in [3.8, 4) is 11.4 Å². The number of pyridine rings is 1. The second-order valence-corrected chi connectivity index (χ2v) is 6.45. The Morgan fingerprint density at radius 2 is 1.81 bits per heavy atom. The molecule has 128 valence electrons. The molecular formula is C20H17N5O. The number of fused-ring (bicyclic) bond motifs is 2. The Balaban J connectivity index is 1.42. The minimum Gasteiger partial charge on any atom is -0.329 e. The quantitative estimate of drug-likeness (QED) is 0.562. The molecule has 1 aliphatic rings. The fourth-order valence-electron chi connectivity index (χ4n) is 3.49. The standard InChI is InChI=1S/C20H17N5O/c26-20(16-12-17-8-4-5-9-23(17)13-16)24-10-11-25-18(14-24)21-22-19(25)15-6-2-1-3-7-15/h1-9,12-13H,10-11,14H2. The molecule has 6 nitrogen and oxygen atoms in total. The van der Waals surface area contributed by atoms with Gasteiger partial charge < -0.3 is 13.9 Å². The molecule has 0 saturated carbocycles. The third kappa shape index (κ3) is 2.38. The van der Waals surface area contributed by atoms with Crippen LogP contribution in [0.15, 0.2) is 67.0 Å². The smallest absolute Gasteiger partial charge is 0.255 e. The number of amides is 1. The van der Waals surface area contributed by atoms with Gasteiger partial charge in [0.1, 0.15) is 0 Å². The first-order valence-corrected chi connectivity index (χ1v) is 8.63. The molecule has 1 aliphatic heterocycles. The summed E-state index contributed by atoms with van der Waals surface area (Å²) in [6.07, 6.45) is 3.83. The summed E-state index contributed by atoms with van der Waals surface area (Å²) in [5.41, 5.74) is 2.76. The highest BCUT2D eigenvalue weighted by molar-refractivity contribution is 5.95. The first kappa shape index (κ1) is 14.9. The van der Waals surface area contributed by atoms with Crippen LogP contribution in [-0.4, -0.2) is 36.5 Å². The Kier molecular flexibility index (Phi) is 3.35. The number of aromatic nitrogens is 4. The molecule has 26 heavy (non-hydrogen) atoms. The van der Waals surface area contributed by atoms with E-state index in [1.165, 1.54) is 0 Å². The predicted octanol–water partition coefficient (Wildman–Crippen LogP) is 2.85. The van der Waals surface area contributed by atoms with Crippen molar-refractivity contribution in [3.63, 3.8) is 0 Å². The maximum absolute atomic E-state index is 12.9. The van der Waals surface area contributed by atoms with Gasteiger partial charge in [-0.2, -0.15) is 0 Å². The zero-order valence-electron chi connectivity index (χ0n) is 14.1. The maximum Gasteiger partial charge on any atom is 0.255 e. The van der Waals surface area contributed by atoms with Crippen LogP contribution in [0.4, 0.5) is 0 Å².